The average Bonchev–Trinajstić information content (AvgIpc) is 2.69. The molecule has 0 spiro atoms. The lowest BCUT2D eigenvalue weighted by Gasteiger charge is -2.32. The van der Waals surface area contributed by atoms with E-state index in [2.05, 4.69) is 21.2 Å². The molecule has 0 aliphatic carbocycles. The van der Waals surface area contributed by atoms with Crippen molar-refractivity contribution in [2.45, 2.75) is 39.4 Å². The van der Waals surface area contributed by atoms with Gasteiger partial charge < -0.3 is 10.2 Å². The van der Waals surface area contributed by atoms with Gasteiger partial charge in [0, 0.05) is 22.1 Å². The maximum Gasteiger partial charge on any atom is 0.244 e. The molecule has 0 fully saturated rings. The lowest BCUT2D eigenvalue weighted by Crippen LogP contribution is -2.52. The summed E-state index contributed by atoms with van der Waals surface area (Å²) in [6, 6.07) is 12.7. The van der Waals surface area contributed by atoms with Crippen LogP contribution in [0.5, 0.6) is 0 Å². The number of amides is 2. The van der Waals surface area contributed by atoms with Crippen molar-refractivity contribution in [2.75, 3.05) is 17.1 Å². The summed E-state index contributed by atoms with van der Waals surface area (Å²) in [6.45, 7) is 4.96. The molecule has 0 bridgehead atoms. The zero-order valence-electron chi connectivity index (χ0n) is 18.4. The maximum atomic E-state index is 13.4. The van der Waals surface area contributed by atoms with Gasteiger partial charge in [-0.05, 0) is 56.7 Å². The number of carbonyl (C=O) groups is 2. The van der Waals surface area contributed by atoms with E-state index in [1.165, 1.54) is 11.0 Å². The zero-order chi connectivity index (χ0) is 24.1. The van der Waals surface area contributed by atoms with Crippen molar-refractivity contribution in [3.05, 3.63) is 63.6 Å². The predicted octanol–water partition coefficient (Wildman–Crippen LogP) is 3.81. The van der Waals surface area contributed by atoms with Crippen LogP contribution in [0.1, 0.15) is 26.3 Å². The van der Waals surface area contributed by atoms with Gasteiger partial charge in [0.2, 0.25) is 21.8 Å². The minimum Gasteiger partial charge on any atom is -0.352 e. The summed E-state index contributed by atoms with van der Waals surface area (Å²) in [5.41, 5.74) is 1.08. The molecule has 0 aliphatic heterocycles. The Morgan fingerprint density at radius 3 is 2.25 bits per heavy atom. The highest BCUT2D eigenvalue weighted by Gasteiger charge is 2.30. The van der Waals surface area contributed by atoms with Crippen molar-refractivity contribution in [2.24, 2.45) is 0 Å². The second-order valence-corrected chi connectivity index (χ2v) is 11.0. The summed E-state index contributed by atoms with van der Waals surface area (Å²) in [4.78, 5) is 27.4. The van der Waals surface area contributed by atoms with Gasteiger partial charge in [-0.3, -0.25) is 13.9 Å². The summed E-state index contributed by atoms with van der Waals surface area (Å²) in [7, 11) is -3.79. The number of hydrogen-bond acceptors (Lipinski definition) is 4. The Balaban J connectivity index is 2.38. The van der Waals surface area contributed by atoms with Gasteiger partial charge in [0.05, 0.1) is 11.9 Å². The van der Waals surface area contributed by atoms with Crippen molar-refractivity contribution in [1.29, 1.82) is 0 Å². The Morgan fingerprint density at radius 2 is 1.72 bits per heavy atom. The Morgan fingerprint density at radius 1 is 1.09 bits per heavy atom. The van der Waals surface area contributed by atoms with Crippen LogP contribution in [0.4, 0.5) is 5.69 Å². The van der Waals surface area contributed by atoms with E-state index in [1.54, 1.807) is 25.1 Å². The van der Waals surface area contributed by atoms with Crippen LogP contribution in [-0.4, -0.2) is 50.0 Å². The van der Waals surface area contributed by atoms with Crippen LogP contribution in [0.3, 0.4) is 0 Å². The monoisotopic (exact) mass is 543 g/mol. The van der Waals surface area contributed by atoms with Gasteiger partial charge in [-0.15, -0.1) is 0 Å². The highest BCUT2D eigenvalue weighted by molar-refractivity contribution is 9.10. The third kappa shape index (κ3) is 7.50. The molecule has 0 saturated heterocycles. The van der Waals surface area contributed by atoms with E-state index in [4.69, 9.17) is 11.6 Å². The highest BCUT2D eigenvalue weighted by Crippen LogP contribution is 2.23. The van der Waals surface area contributed by atoms with Crippen LogP contribution in [-0.2, 0) is 26.2 Å². The smallest absolute Gasteiger partial charge is 0.244 e. The lowest BCUT2D eigenvalue weighted by atomic mass is 10.1. The Bertz CT molecular complexity index is 1060. The van der Waals surface area contributed by atoms with Crippen molar-refractivity contribution in [3.63, 3.8) is 0 Å². The zero-order valence-corrected chi connectivity index (χ0v) is 21.5. The predicted molar refractivity (Wildman–Crippen MR) is 131 cm³/mol. The third-order valence-electron chi connectivity index (χ3n) is 4.64. The van der Waals surface area contributed by atoms with Crippen LogP contribution in [0, 0.1) is 0 Å². The van der Waals surface area contributed by atoms with E-state index >= 15 is 0 Å². The second kappa shape index (κ2) is 11.2. The van der Waals surface area contributed by atoms with Crippen LogP contribution >= 0.6 is 27.5 Å². The van der Waals surface area contributed by atoms with Gasteiger partial charge in [-0.25, -0.2) is 8.42 Å². The molecule has 174 valence electrons. The fraction of sp³-hybridized carbons (Fsp3) is 0.364. The molecule has 32 heavy (non-hydrogen) atoms. The standard InChI is InChI=1S/C22H27BrClN3O4S/c1-15(2)25-22(29)16(3)26(13-17-8-10-18(23)11-9-17)21(28)14-27(32(4,30)31)20-7-5-6-19(24)12-20/h5-12,15-16H,13-14H2,1-4H3,(H,25,29)/t16-/m0/s1. The Hall–Kier alpha value is -2.10. The summed E-state index contributed by atoms with van der Waals surface area (Å²) in [5, 5.41) is 3.15. The van der Waals surface area contributed by atoms with Crippen molar-refractivity contribution in [1.82, 2.24) is 10.2 Å². The molecular formula is C22H27BrClN3O4S. The molecule has 0 aliphatic rings. The molecule has 2 aromatic carbocycles. The minimum atomic E-state index is -3.79. The van der Waals surface area contributed by atoms with Crippen LogP contribution in [0.2, 0.25) is 5.02 Å². The molecule has 2 aromatic rings. The first-order valence-corrected chi connectivity index (χ1v) is 13.0. The fourth-order valence-electron chi connectivity index (χ4n) is 3.02. The molecule has 2 rings (SSSR count). The van der Waals surface area contributed by atoms with Gasteiger partial charge in [0.25, 0.3) is 0 Å². The van der Waals surface area contributed by atoms with E-state index in [9.17, 15) is 18.0 Å². The molecule has 1 atom stereocenters. The topological polar surface area (TPSA) is 86.8 Å². The molecule has 10 heteroatoms. The molecule has 7 nitrogen and oxygen atoms in total. The number of halogens is 2. The fourth-order valence-corrected chi connectivity index (χ4v) is 4.31. The normalized spacial score (nSPS) is 12.3. The molecular weight excluding hydrogens is 518 g/mol. The number of benzene rings is 2. The number of hydrogen-bond donors (Lipinski definition) is 1. The number of carbonyl (C=O) groups excluding carboxylic acids is 2. The molecule has 0 radical (unpaired) electrons. The quantitative estimate of drug-likeness (QED) is 0.520. The van der Waals surface area contributed by atoms with Gasteiger partial charge in [-0.2, -0.15) is 0 Å². The Labute approximate surface area is 202 Å². The number of anilines is 1. The maximum absolute atomic E-state index is 13.4. The molecule has 0 aromatic heterocycles. The van der Waals surface area contributed by atoms with Crippen molar-refractivity contribution in [3.8, 4) is 0 Å². The van der Waals surface area contributed by atoms with E-state index < -0.39 is 28.5 Å². The van der Waals surface area contributed by atoms with Crippen molar-refractivity contribution >= 4 is 55.1 Å². The summed E-state index contributed by atoms with van der Waals surface area (Å²) >= 11 is 9.40. The molecule has 0 saturated carbocycles. The number of nitrogens with zero attached hydrogens (tertiary/aromatic N) is 2. The first-order chi connectivity index (χ1) is 14.9. The van der Waals surface area contributed by atoms with Crippen LogP contribution in [0.25, 0.3) is 0 Å². The lowest BCUT2D eigenvalue weighted by molar-refractivity contribution is -0.139. The van der Waals surface area contributed by atoms with E-state index in [-0.39, 0.29) is 24.2 Å². The van der Waals surface area contributed by atoms with Crippen LogP contribution in [0.15, 0.2) is 53.0 Å². The average molecular weight is 545 g/mol. The largest absolute Gasteiger partial charge is 0.352 e. The number of sulfonamides is 1. The van der Waals surface area contributed by atoms with E-state index in [1.807, 2.05) is 38.1 Å². The van der Waals surface area contributed by atoms with Crippen molar-refractivity contribution < 1.29 is 18.0 Å². The summed E-state index contributed by atoms with van der Waals surface area (Å²) in [6.07, 6.45) is 1.02. The Kier molecular flexibility index (Phi) is 9.12. The van der Waals surface area contributed by atoms with Gasteiger partial charge >= 0.3 is 0 Å². The van der Waals surface area contributed by atoms with E-state index in [0.29, 0.717) is 5.02 Å². The van der Waals surface area contributed by atoms with Crippen LogP contribution < -0.4 is 9.62 Å². The summed E-state index contributed by atoms with van der Waals surface area (Å²) in [5.74, 6) is -0.830. The van der Waals surface area contributed by atoms with Gasteiger partial charge in [-0.1, -0.05) is 45.7 Å². The van der Waals surface area contributed by atoms with E-state index in [0.717, 1.165) is 20.6 Å². The van der Waals surface area contributed by atoms with Gasteiger partial charge in [0.1, 0.15) is 12.6 Å². The molecule has 0 unspecified atom stereocenters. The molecule has 2 amide bonds. The van der Waals surface area contributed by atoms with Gasteiger partial charge in [0.15, 0.2) is 0 Å². The summed E-state index contributed by atoms with van der Waals surface area (Å²) < 4.78 is 26.8. The first kappa shape index (κ1) is 26.2. The third-order valence-corrected chi connectivity index (χ3v) is 6.54. The SMILES string of the molecule is CC(C)NC(=O)[C@H](C)N(Cc1ccc(Br)cc1)C(=O)CN(c1cccc(Cl)c1)S(C)(=O)=O. The second-order valence-electron chi connectivity index (χ2n) is 7.74. The molecule has 0 heterocycles. The minimum absolute atomic E-state index is 0.103. The number of nitrogens with one attached hydrogen (secondary N) is 1. The number of rotatable bonds is 9. The first-order valence-electron chi connectivity index (χ1n) is 9.96. The molecule has 1 N–H and O–H groups in total. The highest BCUT2D eigenvalue weighted by atomic mass is 79.9.